The topological polar surface area (TPSA) is 26.0 Å². The van der Waals surface area contributed by atoms with Crippen LogP contribution in [-0.2, 0) is 0 Å². The van der Waals surface area contributed by atoms with Crippen LogP contribution in [-0.4, -0.2) is 6.04 Å². The lowest BCUT2D eigenvalue weighted by molar-refractivity contribution is 0.291. The molecule has 0 aromatic heterocycles. The van der Waals surface area contributed by atoms with Gasteiger partial charge in [0.25, 0.3) is 0 Å². The Kier molecular flexibility index (Phi) is 4.79. The molecule has 0 aliphatic heterocycles. The monoisotopic (exact) mass is 183 g/mol. The first kappa shape index (κ1) is 11.0. The first-order valence-electron chi connectivity index (χ1n) is 6.01. The van der Waals surface area contributed by atoms with Gasteiger partial charge < -0.3 is 5.73 Å². The lowest BCUT2D eigenvalue weighted by atomic mass is 9.84. The highest BCUT2D eigenvalue weighted by Gasteiger charge is 2.22. The SMILES string of the molecule is CCC(C)C(N)C1CCCCCC1. The fraction of sp³-hybridized carbons (Fsp3) is 1.00. The molecule has 0 bridgehead atoms. The van der Waals surface area contributed by atoms with Crippen molar-refractivity contribution in [1.29, 1.82) is 0 Å². The highest BCUT2D eigenvalue weighted by molar-refractivity contribution is 4.78. The van der Waals surface area contributed by atoms with Crippen molar-refractivity contribution in [1.82, 2.24) is 0 Å². The second-order valence-corrected chi connectivity index (χ2v) is 4.71. The van der Waals surface area contributed by atoms with Gasteiger partial charge in [-0.1, -0.05) is 46.0 Å². The van der Waals surface area contributed by atoms with Crippen molar-refractivity contribution in [3.8, 4) is 0 Å². The van der Waals surface area contributed by atoms with Crippen LogP contribution in [0.3, 0.4) is 0 Å². The van der Waals surface area contributed by atoms with Crippen molar-refractivity contribution in [2.24, 2.45) is 17.6 Å². The van der Waals surface area contributed by atoms with Crippen molar-refractivity contribution < 1.29 is 0 Å². The first-order chi connectivity index (χ1) is 6.25. The second kappa shape index (κ2) is 5.64. The maximum Gasteiger partial charge on any atom is 0.00928 e. The fourth-order valence-corrected chi connectivity index (χ4v) is 2.43. The van der Waals surface area contributed by atoms with Gasteiger partial charge >= 0.3 is 0 Å². The Hall–Kier alpha value is -0.0400. The van der Waals surface area contributed by atoms with E-state index in [4.69, 9.17) is 5.73 Å². The molecule has 1 aliphatic rings. The van der Waals surface area contributed by atoms with Crippen molar-refractivity contribution in [3.63, 3.8) is 0 Å². The summed E-state index contributed by atoms with van der Waals surface area (Å²) >= 11 is 0. The molecule has 0 spiro atoms. The summed E-state index contributed by atoms with van der Waals surface area (Å²) in [6.07, 6.45) is 9.69. The maximum atomic E-state index is 6.27. The molecule has 2 unspecified atom stereocenters. The van der Waals surface area contributed by atoms with Gasteiger partial charge in [0.05, 0.1) is 0 Å². The van der Waals surface area contributed by atoms with Crippen molar-refractivity contribution >= 4 is 0 Å². The fourth-order valence-electron chi connectivity index (χ4n) is 2.43. The third kappa shape index (κ3) is 3.30. The molecule has 2 atom stereocenters. The summed E-state index contributed by atoms with van der Waals surface area (Å²) in [6.45, 7) is 4.55. The Labute approximate surface area is 83.1 Å². The van der Waals surface area contributed by atoms with Crippen LogP contribution in [0.1, 0.15) is 58.8 Å². The first-order valence-corrected chi connectivity index (χ1v) is 6.01. The highest BCUT2D eigenvalue weighted by Crippen LogP contribution is 2.28. The molecule has 0 saturated heterocycles. The minimum Gasteiger partial charge on any atom is -0.327 e. The zero-order chi connectivity index (χ0) is 9.68. The van der Waals surface area contributed by atoms with E-state index in [9.17, 15) is 0 Å². The van der Waals surface area contributed by atoms with Gasteiger partial charge in [-0.15, -0.1) is 0 Å². The van der Waals surface area contributed by atoms with E-state index in [2.05, 4.69) is 13.8 Å². The molecule has 0 aromatic rings. The molecule has 1 saturated carbocycles. The van der Waals surface area contributed by atoms with Gasteiger partial charge in [-0.25, -0.2) is 0 Å². The Morgan fingerprint density at radius 2 is 1.69 bits per heavy atom. The van der Waals surface area contributed by atoms with Crippen LogP contribution < -0.4 is 5.73 Å². The van der Waals surface area contributed by atoms with E-state index in [0.717, 1.165) is 5.92 Å². The Morgan fingerprint density at radius 1 is 1.15 bits per heavy atom. The molecule has 13 heavy (non-hydrogen) atoms. The summed E-state index contributed by atoms with van der Waals surface area (Å²) in [5.74, 6) is 1.53. The summed E-state index contributed by atoms with van der Waals surface area (Å²) in [7, 11) is 0. The number of hydrogen-bond acceptors (Lipinski definition) is 1. The normalized spacial score (nSPS) is 25.2. The van der Waals surface area contributed by atoms with Crippen molar-refractivity contribution in [2.75, 3.05) is 0 Å². The lowest BCUT2D eigenvalue weighted by Crippen LogP contribution is -2.35. The van der Waals surface area contributed by atoms with E-state index in [0.29, 0.717) is 12.0 Å². The van der Waals surface area contributed by atoms with E-state index in [1.807, 2.05) is 0 Å². The van der Waals surface area contributed by atoms with Gasteiger partial charge in [-0.05, 0) is 24.7 Å². The van der Waals surface area contributed by atoms with Crippen molar-refractivity contribution in [2.45, 2.75) is 64.8 Å². The van der Waals surface area contributed by atoms with Crippen LogP contribution >= 0.6 is 0 Å². The summed E-state index contributed by atoms with van der Waals surface area (Å²) in [4.78, 5) is 0. The van der Waals surface area contributed by atoms with Crippen LogP contribution in [0.4, 0.5) is 0 Å². The Bertz CT molecular complexity index is 125. The molecular weight excluding hydrogens is 158 g/mol. The standard InChI is InChI=1S/C12H25N/c1-3-10(2)12(13)11-8-6-4-5-7-9-11/h10-12H,3-9,13H2,1-2H3. The molecule has 78 valence electrons. The van der Waals surface area contributed by atoms with Gasteiger partial charge in [0.2, 0.25) is 0 Å². The van der Waals surface area contributed by atoms with Crippen LogP contribution in [0.15, 0.2) is 0 Å². The molecular formula is C12H25N. The third-order valence-corrected chi connectivity index (χ3v) is 3.75. The quantitative estimate of drug-likeness (QED) is 0.667. The molecule has 0 heterocycles. The van der Waals surface area contributed by atoms with Gasteiger partial charge in [-0.2, -0.15) is 0 Å². The largest absolute Gasteiger partial charge is 0.327 e. The molecule has 0 radical (unpaired) electrons. The molecule has 2 N–H and O–H groups in total. The number of hydrogen-bond donors (Lipinski definition) is 1. The van der Waals surface area contributed by atoms with E-state index in [1.165, 1.54) is 44.9 Å². The Balaban J connectivity index is 2.38. The predicted octanol–water partition coefficient (Wildman–Crippen LogP) is 3.33. The summed E-state index contributed by atoms with van der Waals surface area (Å²) in [6, 6.07) is 0.461. The number of rotatable bonds is 3. The minimum absolute atomic E-state index is 0.461. The molecule has 1 aliphatic carbocycles. The van der Waals surface area contributed by atoms with E-state index < -0.39 is 0 Å². The lowest BCUT2D eigenvalue weighted by Gasteiger charge is -2.27. The van der Waals surface area contributed by atoms with Crippen LogP contribution in [0.25, 0.3) is 0 Å². The molecule has 1 fully saturated rings. The summed E-state index contributed by atoms with van der Waals surface area (Å²) < 4.78 is 0. The molecule has 0 amide bonds. The van der Waals surface area contributed by atoms with Crippen molar-refractivity contribution in [3.05, 3.63) is 0 Å². The summed E-state index contributed by atoms with van der Waals surface area (Å²) in [5, 5.41) is 0. The van der Waals surface area contributed by atoms with E-state index in [1.54, 1.807) is 0 Å². The smallest absolute Gasteiger partial charge is 0.00928 e. The summed E-state index contributed by atoms with van der Waals surface area (Å²) in [5.41, 5.74) is 6.27. The second-order valence-electron chi connectivity index (χ2n) is 4.71. The minimum atomic E-state index is 0.461. The van der Waals surface area contributed by atoms with Gasteiger partial charge in [-0.3, -0.25) is 0 Å². The van der Waals surface area contributed by atoms with Gasteiger partial charge in [0, 0.05) is 6.04 Å². The molecule has 1 heteroatoms. The van der Waals surface area contributed by atoms with Gasteiger partial charge in [0.15, 0.2) is 0 Å². The zero-order valence-electron chi connectivity index (χ0n) is 9.26. The predicted molar refractivity (Wildman–Crippen MR) is 58.6 cm³/mol. The van der Waals surface area contributed by atoms with E-state index >= 15 is 0 Å². The molecule has 1 rings (SSSR count). The van der Waals surface area contributed by atoms with Gasteiger partial charge in [0.1, 0.15) is 0 Å². The average molecular weight is 183 g/mol. The van der Waals surface area contributed by atoms with Crippen LogP contribution in [0.2, 0.25) is 0 Å². The molecule has 1 nitrogen and oxygen atoms in total. The highest BCUT2D eigenvalue weighted by atomic mass is 14.7. The number of nitrogens with two attached hydrogens (primary N) is 1. The van der Waals surface area contributed by atoms with E-state index in [-0.39, 0.29) is 0 Å². The third-order valence-electron chi connectivity index (χ3n) is 3.75. The zero-order valence-corrected chi connectivity index (χ0v) is 9.26. The average Bonchev–Trinajstić information content (AvgIpc) is 2.43. The molecule has 0 aromatic carbocycles. The Morgan fingerprint density at radius 3 is 2.15 bits per heavy atom. The van der Waals surface area contributed by atoms with Crippen LogP contribution in [0.5, 0.6) is 0 Å². The maximum absolute atomic E-state index is 6.27. The van der Waals surface area contributed by atoms with Crippen LogP contribution in [0, 0.1) is 11.8 Å².